The van der Waals surface area contributed by atoms with Crippen molar-refractivity contribution < 1.29 is 23.9 Å². The Labute approximate surface area is 167 Å². The fraction of sp³-hybridized carbons (Fsp3) is 0.200. The predicted molar refractivity (Wildman–Crippen MR) is 107 cm³/mol. The molecule has 0 saturated carbocycles. The molecule has 0 aliphatic carbocycles. The van der Waals surface area contributed by atoms with Gasteiger partial charge in [-0.15, -0.1) is 0 Å². The van der Waals surface area contributed by atoms with Gasteiger partial charge in [-0.2, -0.15) is 0 Å². The Balaban J connectivity index is 1.76. The van der Waals surface area contributed by atoms with E-state index >= 15 is 0 Å². The Morgan fingerprint density at radius 2 is 1.72 bits per heavy atom. The van der Waals surface area contributed by atoms with E-state index in [9.17, 15) is 19.2 Å². The zero-order valence-electron chi connectivity index (χ0n) is 15.9. The van der Waals surface area contributed by atoms with E-state index in [-0.39, 0.29) is 12.5 Å². The Morgan fingerprint density at radius 1 is 1.07 bits per heavy atom. The minimum absolute atomic E-state index is 0.110. The maximum absolute atomic E-state index is 12.9. The van der Waals surface area contributed by atoms with Gasteiger partial charge in [-0.05, 0) is 42.5 Å². The summed E-state index contributed by atoms with van der Waals surface area (Å²) in [6.07, 6.45) is 0. The molecule has 0 radical (unpaired) electrons. The average Bonchev–Trinajstić information content (AvgIpc) is 2.68. The largest absolute Gasteiger partial charge is 0.497 e. The highest BCUT2D eigenvalue weighted by Crippen LogP contribution is 2.24. The van der Waals surface area contributed by atoms with Gasteiger partial charge in [0.15, 0.2) is 0 Å². The van der Waals surface area contributed by atoms with Gasteiger partial charge in [-0.3, -0.25) is 14.4 Å². The molecule has 0 aromatic heterocycles. The van der Waals surface area contributed by atoms with Crippen LogP contribution in [-0.4, -0.2) is 37.4 Å². The molecule has 0 bridgehead atoms. The Kier molecular flexibility index (Phi) is 5.77. The van der Waals surface area contributed by atoms with E-state index in [4.69, 9.17) is 4.74 Å². The van der Waals surface area contributed by atoms with Crippen molar-refractivity contribution in [3.63, 3.8) is 0 Å². The molecule has 9 nitrogen and oxygen atoms in total. The van der Waals surface area contributed by atoms with Gasteiger partial charge in [-0.1, -0.05) is 6.07 Å². The number of amides is 5. The molecule has 5 amide bonds. The molecule has 1 fully saturated rings. The summed E-state index contributed by atoms with van der Waals surface area (Å²) in [4.78, 5) is 49.9. The van der Waals surface area contributed by atoms with Gasteiger partial charge in [0.1, 0.15) is 11.7 Å². The molecule has 29 heavy (non-hydrogen) atoms. The van der Waals surface area contributed by atoms with E-state index in [0.29, 0.717) is 22.8 Å². The molecule has 1 atom stereocenters. The lowest BCUT2D eigenvalue weighted by molar-refractivity contribution is -0.130. The van der Waals surface area contributed by atoms with Gasteiger partial charge in [0.25, 0.3) is 0 Å². The Hall–Kier alpha value is -3.88. The number of anilines is 3. The smallest absolute Gasteiger partial charge is 0.328 e. The van der Waals surface area contributed by atoms with Crippen LogP contribution in [0.2, 0.25) is 0 Å². The second kappa shape index (κ2) is 8.42. The first-order valence-corrected chi connectivity index (χ1v) is 8.83. The van der Waals surface area contributed by atoms with E-state index in [0.717, 1.165) is 4.90 Å². The molecule has 1 aliphatic rings. The van der Waals surface area contributed by atoms with Gasteiger partial charge in [0.05, 0.1) is 12.8 Å². The summed E-state index contributed by atoms with van der Waals surface area (Å²) in [5.74, 6) is -1.96. The van der Waals surface area contributed by atoms with E-state index in [1.165, 1.54) is 14.0 Å². The number of hydrogen-bond donors (Lipinski definition) is 3. The van der Waals surface area contributed by atoms with Crippen molar-refractivity contribution in [2.75, 3.05) is 29.2 Å². The summed E-state index contributed by atoms with van der Waals surface area (Å²) in [5, 5.41) is 7.83. The molecule has 150 valence electrons. The third kappa shape index (κ3) is 4.52. The number of nitrogens with zero attached hydrogens (tertiary/aromatic N) is 1. The number of hydrogen-bond acceptors (Lipinski definition) is 5. The number of carbonyl (C=O) groups excluding carboxylic acids is 4. The van der Waals surface area contributed by atoms with Gasteiger partial charge in [0, 0.05) is 24.8 Å². The number of carbonyl (C=O) groups is 4. The van der Waals surface area contributed by atoms with Crippen LogP contribution in [0.15, 0.2) is 48.5 Å². The van der Waals surface area contributed by atoms with Crippen molar-refractivity contribution in [1.29, 1.82) is 0 Å². The standard InChI is InChI=1S/C20H20N4O5/c1-12(25)22-13-4-3-5-14(10-13)23-18(26)17-11-21-20(28)24(19(17)27)15-6-8-16(29-2)9-7-15/h3-10,17H,11H2,1-2H3,(H,21,28)(H,22,25)(H,23,26). The number of ether oxygens (including phenoxy) is 1. The topological polar surface area (TPSA) is 117 Å². The lowest BCUT2D eigenvalue weighted by Gasteiger charge is -2.30. The van der Waals surface area contributed by atoms with Crippen LogP contribution in [0.5, 0.6) is 5.75 Å². The summed E-state index contributed by atoms with van der Waals surface area (Å²) in [7, 11) is 1.51. The van der Waals surface area contributed by atoms with Gasteiger partial charge in [0.2, 0.25) is 17.7 Å². The van der Waals surface area contributed by atoms with Crippen LogP contribution >= 0.6 is 0 Å². The first kappa shape index (κ1) is 19.9. The molecule has 0 spiro atoms. The maximum Gasteiger partial charge on any atom is 0.328 e. The van der Waals surface area contributed by atoms with E-state index < -0.39 is 23.8 Å². The van der Waals surface area contributed by atoms with Gasteiger partial charge < -0.3 is 20.7 Å². The second-order valence-corrected chi connectivity index (χ2v) is 6.36. The molecule has 3 N–H and O–H groups in total. The zero-order chi connectivity index (χ0) is 21.0. The van der Waals surface area contributed by atoms with Crippen LogP contribution in [0, 0.1) is 5.92 Å². The zero-order valence-corrected chi connectivity index (χ0v) is 15.9. The monoisotopic (exact) mass is 396 g/mol. The summed E-state index contributed by atoms with van der Waals surface area (Å²) < 4.78 is 5.08. The highest BCUT2D eigenvalue weighted by atomic mass is 16.5. The lowest BCUT2D eigenvalue weighted by Crippen LogP contribution is -2.58. The predicted octanol–water partition coefficient (Wildman–Crippen LogP) is 1.96. The molecule has 1 saturated heterocycles. The molecule has 2 aromatic carbocycles. The number of nitrogens with one attached hydrogen (secondary N) is 3. The summed E-state index contributed by atoms with van der Waals surface area (Å²) in [6.45, 7) is 1.27. The van der Waals surface area contributed by atoms with Crippen molar-refractivity contribution in [3.8, 4) is 5.75 Å². The number of benzene rings is 2. The molecular weight excluding hydrogens is 376 g/mol. The average molecular weight is 396 g/mol. The van der Waals surface area contributed by atoms with Gasteiger partial charge >= 0.3 is 6.03 Å². The van der Waals surface area contributed by atoms with E-state index in [1.54, 1.807) is 48.5 Å². The minimum Gasteiger partial charge on any atom is -0.497 e. The van der Waals surface area contributed by atoms with Crippen molar-refractivity contribution in [2.45, 2.75) is 6.92 Å². The van der Waals surface area contributed by atoms with Crippen molar-refractivity contribution in [3.05, 3.63) is 48.5 Å². The first-order chi connectivity index (χ1) is 13.9. The van der Waals surface area contributed by atoms with Crippen LogP contribution < -0.4 is 25.6 Å². The minimum atomic E-state index is -1.10. The number of methoxy groups -OCH3 is 1. The molecule has 1 heterocycles. The SMILES string of the molecule is COc1ccc(N2C(=O)NCC(C(=O)Nc3cccc(NC(C)=O)c3)C2=O)cc1. The van der Waals surface area contributed by atoms with E-state index in [2.05, 4.69) is 16.0 Å². The molecule has 1 aliphatic heterocycles. The molecule has 2 aromatic rings. The van der Waals surface area contributed by atoms with Crippen LogP contribution in [-0.2, 0) is 14.4 Å². The van der Waals surface area contributed by atoms with Crippen LogP contribution in [0.25, 0.3) is 0 Å². The summed E-state index contributed by atoms with van der Waals surface area (Å²) in [6, 6.07) is 12.3. The quantitative estimate of drug-likeness (QED) is 0.668. The summed E-state index contributed by atoms with van der Waals surface area (Å²) in [5.41, 5.74) is 1.26. The van der Waals surface area contributed by atoms with E-state index in [1.807, 2.05) is 0 Å². The van der Waals surface area contributed by atoms with Crippen molar-refractivity contribution in [2.24, 2.45) is 5.92 Å². The van der Waals surface area contributed by atoms with Crippen molar-refractivity contribution >= 4 is 40.8 Å². The van der Waals surface area contributed by atoms with Crippen LogP contribution in [0.3, 0.4) is 0 Å². The van der Waals surface area contributed by atoms with Crippen LogP contribution in [0.4, 0.5) is 21.9 Å². The van der Waals surface area contributed by atoms with Gasteiger partial charge in [-0.25, -0.2) is 9.69 Å². The maximum atomic E-state index is 12.9. The lowest BCUT2D eigenvalue weighted by atomic mass is 10.0. The fourth-order valence-corrected chi connectivity index (χ4v) is 2.90. The molecule has 9 heteroatoms. The normalized spacial score (nSPS) is 16.1. The van der Waals surface area contributed by atoms with Crippen molar-refractivity contribution in [1.82, 2.24) is 5.32 Å². The second-order valence-electron chi connectivity index (χ2n) is 6.36. The third-order valence-corrected chi connectivity index (χ3v) is 4.28. The summed E-state index contributed by atoms with van der Waals surface area (Å²) >= 11 is 0. The highest BCUT2D eigenvalue weighted by molar-refractivity contribution is 6.23. The number of imide groups is 1. The Bertz CT molecular complexity index is 958. The number of urea groups is 1. The first-order valence-electron chi connectivity index (χ1n) is 8.83. The fourth-order valence-electron chi connectivity index (χ4n) is 2.90. The molecule has 3 rings (SSSR count). The Morgan fingerprint density at radius 3 is 2.34 bits per heavy atom. The highest BCUT2D eigenvalue weighted by Gasteiger charge is 2.39. The molecular formula is C20H20N4O5. The van der Waals surface area contributed by atoms with Crippen LogP contribution in [0.1, 0.15) is 6.92 Å². The molecule has 1 unspecified atom stereocenters. The number of rotatable bonds is 5. The third-order valence-electron chi connectivity index (χ3n) is 4.28.